The lowest BCUT2D eigenvalue weighted by atomic mass is 9.93. The molecule has 3 rings (SSSR count). The first-order valence-electron chi connectivity index (χ1n) is 6.60. The van der Waals surface area contributed by atoms with Crippen LogP contribution in [0.3, 0.4) is 0 Å². The van der Waals surface area contributed by atoms with E-state index in [1.54, 1.807) is 0 Å². The minimum absolute atomic E-state index is 0.151. The van der Waals surface area contributed by atoms with Crippen LogP contribution in [0.25, 0.3) is 10.9 Å². The van der Waals surface area contributed by atoms with Gasteiger partial charge in [-0.05, 0) is 25.6 Å². The highest BCUT2D eigenvalue weighted by Gasteiger charge is 2.30. The van der Waals surface area contributed by atoms with Gasteiger partial charge in [-0.15, -0.1) is 0 Å². The number of nitrogens with one attached hydrogen (secondary N) is 1. The summed E-state index contributed by atoms with van der Waals surface area (Å²) in [7, 11) is 1.99. The zero-order valence-electron chi connectivity index (χ0n) is 10.9. The number of pyridine rings is 1. The van der Waals surface area contributed by atoms with Crippen molar-refractivity contribution in [1.82, 2.24) is 10.3 Å². The van der Waals surface area contributed by atoms with E-state index in [9.17, 15) is 0 Å². The lowest BCUT2D eigenvalue weighted by Crippen LogP contribution is -2.21. The van der Waals surface area contributed by atoms with Gasteiger partial charge in [0.1, 0.15) is 0 Å². The third kappa shape index (κ3) is 2.40. The molecule has 1 aliphatic rings. The summed E-state index contributed by atoms with van der Waals surface area (Å²) in [5.74, 6) is 0.524. The van der Waals surface area contributed by atoms with Crippen molar-refractivity contribution in [3.63, 3.8) is 0 Å². The predicted octanol–water partition coefficient (Wildman–Crippen LogP) is 3.29. The van der Waals surface area contributed by atoms with E-state index in [0.717, 1.165) is 34.9 Å². The topological polar surface area (TPSA) is 34.1 Å². The molecule has 4 heteroatoms. The zero-order valence-corrected chi connectivity index (χ0v) is 12.5. The Morgan fingerprint density at radius 3 is 3.16 bits per heavy atom. The molecule has 0 amide bonds. The minimum atomic E-state index is 0.151. The second-order valence-electron chi connectivity index (χ2n) is 4.93. The number of fused-ring (bicyclic) bond motifs is 1. The van der Waals surface area contributed by atoms with Crippen molar-refractivity contribution in [3.05, 3.63) is 40.5 Å². The molecule has 0 bridgehead atoms. The minimum Gasteiger partial charge on any atom is -0.373 e. The van der Waals surface area contributed by atoms with Gasteiger partial charge >= 0.3 is 0 Å². The lowest BCUT2D eigenvalue weighted by Gasteiger charge is -2.20. The highest BCUT2D eigenvalue weighted by atomic mass is 79.9. The van der Waals surface area contributed by atoms with Crippen molar-refractivity contribution in [2.24, 2.45) is 5.92 Å². The molecule has 19 heavy (non-hydrogen) atoms. The van der Waals surface area contributed by atoms with Crippen LogP contribution in [-0.2, 0) is 4.74 Å². The third-order valence-electron chi connectivity index (χ3n) is 3.73. The monoisotopic (exact) mass is 320 g/mol. The molecular weight excluding hydrogens is 304 g/mol. The molecule has 2 aromatic rings. The van der Waals surface area contributed by atoms with Crippen molar-refractivity contribution in [2.75, 3.05) is 20.2 Å². The maximum atomic E-state index is 5.96. The van der Waals surface area contributed by atoms with Crippen LogP contribution in [-0.4, -0.2) is 25.2 Å². The van der Waals surface area contributed by atoms with Crippen LogP contribution in [0.1, 0.15) is 18.1 Å². The summed E-state index contributed by atoms with van der Waals surface area (Å²) >= 11 is 3.59. The summed E-state index contributed by atoms with van der Waals surface area (Å²) < 4.78 is 7.04. The van der Waals surface area contributed by atoms with Crippen molar-refractivity contribution in [1.29, 1.82) is 0 Å². The van der Waals surface area contributed by atoms with Crippen LogP contribution in [0.15, 0.2) is 34.9 Å². The standard InChI is InChI=1S/C15H17BrN2O/c1-17-9-10-6-8-19-15(10)12-4-5-13(16)11-3-2-7-18-14(11)12/h2-5,7,10,15,17H,6,8-9H2,1H3. The molecule has 0 aliphatic carbocycles. The molecule has 2 unspecified atom stereocenters. The van der Waals surface area contributed by atoms with Gasteiger partial charge in [0.25, 0.3) is 0 Å². The van der Waals surface area contributed by atoms with Crippen LogP contribution >= 0.6 is 15.9 Å². The van der Waals surface area contributed by atoms with Crippen molar-refractivity contribution in [3.8, 4) is 0 Å². The van der Waals surface area contributed by atoms with E-state index in [2.05, 4.69) is 44.4 Å². The molecule has 100 valence electrons. The molecule has 0 saturated carbocycles. The molecular formula is C15H17BrN2O. The number of halogens is 1. The second-order valence-corrected chi connectivity index (χ2v) is 5.79. The third-order valence-corrected chi connectivity index (χ3v) is 4.43. The van der Waals surface area contributed by atoms with Crippen LogP contribution in [0.5, 0.6) is 0 Å². The summed E-state index contributed by atoms with van der Waals surface area (Å²) in [5.41, 5.74) is 2.25. The van der Waals surface area contributed by atoms with Crippen LogP contribution < -0.4 is 5.32 Å². The Labute approximate surface area is 121 Å². The molecule has 1 saturated heterocycles. The fourth-order valence-electron chi connectivity index (χ4n) is 2.84. The van der Waals surface area contributed by atoms with Gasteiger partial charge in [-0.25, -0.2) is 0 Å². The summed E-state index contributed by atoms with van der Waals surface area (Å²) in [6, 6.07) is 8.30. The SMILES string of the molecule is CNCC1CCOC1c1ccc(Br)c2cccnc12. The smallest absolute Gasteiger partial charge is 0.0887 e. The van der Waals surface area contributed by atoms with E-state index in [4.69, 9.17) is 4.74 Å². The van der Waals surface area contributed by atoms with Crippen LogP contribution in [0, 0.1) is 5.92 Å². The Morgan fingerprint density at radius 2 is 2.32 bits per heavy atom. The first-order valence-corrected chi connectivity index (χ1v) is 7.40. The Kier molecular flexibility index (Phi) is 3.82. The Morgan fingerprint density at radius 1 is 1.42 bits per heavy atom. The number of nitrogens with zero attached hydrogens (tertiary/aromatic N) is 1. The van der Waals surface area contributed by atoms with E-state index in [-0.39, 0.29) is 6.10 Å². The number of rotatable bonds is 3. The van der Waals surface area contributed by atoms with E-state index in [0.29, 0.717) is 5.92 Å². The molecule has 0 spiro atoms. The lowest BCUT2D eigenvalue weighted by molar-refractivity contribution is 0.0920. The summed E-state index contributed by atoms with van der Waals surface area (Å²) in [5, 5.41) is 4.41. The van der Waals surface area contributed by atoms with Gasteiger partial charge < -0.3 is 10.1 Å². The molecule has 0 radical (unpaired) electrons. The van der Waals surface area contributed by atoms with Gasteiger partial charge in [-0.1, -0.05) is 28.1 Å². The quantitative estimate of drug-likeness (QED) is 0.942. The first-order chi connectivity index (χ1) is 9.31. The Hall–Kier alpha value is -0.970. The molecule has 1 aliphatic heterocycles. The largest absolute Gasteiger partial charge is 0.373 e. The highest BCUT2D eigenvalue weighted by Crippen LogP contribution is 2.38. The molecule has 2 heterocycles. The number of hydrogen-bond donors (Lipinski definition) is 1. The van der Waals surface area contributed by atoms with Crippen LogP contribution in [0.4, 0.5) is 0 Å². The maximum absolute atomic E-state index is 5.96. The van der Waals surface area contributed by atoms with Gasteiger partial charge in [-0.2, -0.15) is 0 Å². The first kappa shape index (κ1) is 13.0. The van der Waals surface area contributed by atoms with E-state index >= 15 is 0 Å². The predicted molar refractivity (Wildman–Crippen MR) is 80.2 cm³/mol. The molecule has 1 aromatic heterocycles. The van der Waals surface area contributed by atoms with Crippen molar-refractivity contribution >= 4 is 26.8 Å². The summed E-state index contributed by atoms with van der Waals surface area (Å²) in [6.07, 6.45) is 3.11. The second kappa shape index (κ2) is 5.57. The normalized spacial score (nSPS) is 23.1. The van der Waals surface area contributed by atoms with Gasteiger partial charge in [0.05, 0.1) is 11.6 Å². The number of aromatic nitrogens is 1. The molecule has 1 fully saturated rings. The highest BCUT2D eigenvalue weighted by molar-refractivity contribution is 9.10. The van der Waals surface area contributed by atoms with E-state index in [1.807, 2.05) is 19.3 Å². The average Bonchev–Trinajstić information content (AvgIpc) is 2.88. The van der Waals surface area contributed by atoms with E-state index in [1.165, 1.54) is 5.56 Å². The summed E-state index contributed by atoms with van der Waals surface area (Å²) in [4.78, 5) is 4.55. The maximum Gasteiger partial charge on any atom is 0.0887 e. The Balaban J connectivity index is 2.07. The molecule has 2 atom stereocenters. The summed E-state index contributed by atoms with van der Waals surface area (Å²) in [6.45, 7) is 1.82. The fourth-order valence-corrected chi connectivity index (χ4v) is 3.29. The fraction of sp³-hybridized carbons (Fsp3) is 0.400. The zero-order chi connectivity index (χ0) is 13.2. The number of ether oxygens (including phenoxy) is 1. The molecule has 1 aromatic carbocycles. The van der Waals surface area contributed by atoms with Crippen LogP contribution in [0.2, 0.25) is 0 Å². The number of hydrogen-bond acceptors (Lipinski definition) is 3. The number of benzene rings is 1. The van der Waals surface area contributed by atoms with Crippen molar-refractivity contribution < 1.29 is 4.74 Å². The van der Waals surface area contributed by atoms with Crippen molar-refractivity contribution in [2.45, 2.75) is 12.5 Å². The van der Waals surface area contributed by atoms with Gasteiger partial charge in [0, 0.05) is 40.7 Å². The van der Waals surface area contributed by atoms with Gasteiger partial charge in [0.15, 0.2) is 0 Å². The van der Waals surface area contributed by atoms with Gasteiger partial charge in [0.2, 0.25) is 0 Å². The molecule has 1 N–H and O–H groups in total. The molecule has 3 nitrogen and oxygen atoms in total. The van der Waals surface area contributed by atoms with E-state index < -0.39 is 0 Å². The average molecular weight is 321 g/mol. The van der Waals surface area contributed by atoms with Gasteiger partial charge in [-0.3, -0.25) is 4.98 Å². The Bertz CT molecular complexity index is 587.